The topological polar surface area (TPSA) is 29.9 Å². The lowest BCUT2D eigenvalue weighted by atomic mass is 10.1. The maximum absolute atomic E-state index is 4.27. The van der Waals surface area contributed by atoms with Crippen LogP contribution in [-0.4, -0.2) is 22.6 Å². The summed E-state index contributed by atoms with van der Waals surface area (Å²) in [5, 5.41) is 3.36. The predicted octanol–water partition coefficient (Wildman–Crippen LogP) is 1.19. The van der Waals surface area contributed by atoms with Crippen LogP contribution in [0, 0.1) is 0 Å². The number of nitrogens with zero attached hydrogens (tertiary/aromatic N) is 2. The van der Waals surface area contributed by atoms with Gasteiger partial charge in [0.05, 0.1) is 0 Å². The number of hydrogen-bond donors (Lipinski definition) is 1. The number of piperidine rings is 1. The largest absolute Gasteiger partial charge is 0.335 e. The van der Waals surface area contributed by atoms with Crippen LogP contribution in [0.5, 0.6) is 0 Å². The Balaban J connectivity index is 2.14. The number of imidazole rings is 1. The summed E-state index contributed by atoms with van der Waals surface area (Å²) >= 11 is 0. The molecular formula is C10H15N3. The Kier molecular flexibility index (Phi) is 2.45. The van der Waals surface area contributed by atoms with Gasteiger partial charge in [0.2, 0.25) is 0 Å². The monoisotopic (exact) mass is 177 g/mol. The number of aryl methyl sites for hydroxylation is 1. The normalized spacial score (nSPS) is 20.8. The third-order valence-corrected chi connectivity index (χ3v) is 2.40. The third-order valence-electron chi connectivity index (χ3n) is 2.40. The van der Waals surface area contributed by atoms with Crippen LogP contribution in [-0.2, 0) is 7.05 Å². The minimum atomic E-state index is 1.02. The van der Waals surface area contributed by atoms with Gasteiger partial charge >= 0.3 is 0 Å². The molecule has 1 aromatic rings. The Hall–Kier alpha value is -1.09. The smallest absolute Gasteiger partial charge is 0.132 e. The number of aromatic nitrogens is 2. The highest BCUT2D eigenvalue weighted by Gasteiger charge is 2.05. The van der Waals surface area contributed by atoms with E-state index in [-0.39, 0.29) is 0 Å². The van der Waals surface area contributed by atoms with Crippen LogP contribution in [0.25, 0.3) is 6.08 Å². The molecule has 0 unspecified atom stereocenters. The van der Waals surface area contributed by atoms with E-state index in [1.807, 2.05) is 24.0 Å². The number of nitrogens with one attached hydrogen (secondary N) is 1. The summed E-state index contributed by atoms with van der Waals surface area (Å²) < 4.78 is 2.04. The molecule has 1 aliphatic rings. The second-order valence-corrected chi connectivity index (χ2v) is 3.48. The van der Waals surface area contributed by atoms with Gasteiger partial charge in [-0.2, -0.15) is 0 Å². The minimum absolute atomic E-state index is 1.02. The summed E-state index contributed by atoms with van der Waals surface area (Å²) in [5.41, 5.74) is 1.46. The van der Waals surface area contributed by atoms with Crippen LogP contribution >= 0.6 is 0 Å². The first-order valence-electron chi connectivity index (χ1n) is 4.74. The zero-order valence-electron chi connectivity index (χ0n) is 7.95. The highest BCUT2D eigenvalue weighted by atomic mass is 15.0. The van der Waals surface area contributed by atoms with Gasteiger partial charge in [-0.3, -0.25) is 0 Å². The highest BCUT2D eigenvalue weighted by Crippen LogP contribution is 2.11. The van der Waals surface area contributed by atoms with Crippen molar-refractivity contribution in [3.8, 4) is 0 Å². The van der Waals surface area contributed by atoms with Crippen molar-refractivity contribution in [2.24, 2.45) is 7.05 Å². The molecule has 1 N–H and O–H groups in total. The Morgan fingerprint density at radius 1 is 1.62 bits per heavy atom. The van der Waals surface area contributed by atoms with Gasteiger partial charge in [-0.05, 0) is 25.5 Å². The predicted molar refractivity (Wildman–Crippen MR) is 53.3 cm³/mol. The molecule has 1 saturated heterocycles. The van der Waals surface area contributed by atoms with E-state index in [0.29, 0.717) is 0 Å². The lowest BCUT2D eigenvalue weighted by Crippen LogP contribution is -2.23. The first-order chi connectivity index (χ1) is 6.36. The standard InChI is InChI=1S/C10H15N3/c1-13-6-5-12-10(13)7-9-3-2-4-11-8-9/h5-7,11H,2-4,8H2,1H3. The molecule has 1 aliphatic heterocycles. The van der Waals surface area contributed by atoms with Crippen LogP contribution < -0.4 is 5.32 Å². The second-order valence-electron chi connectivity index (χ2n) is 3.48. The molecule has 3 nitrogen and oxygen atoms in total. The van der Waals surface area contributed by atoms with Crippen LogP contribution in [0.2, 0.25) is 0 Å². The first kappa shape index (κ1) is 8.51. The molecule has 1 fully saturated rings. The molecule has 13 heavy (non-hydrogen) atoms. The van der Waals surface area contributed by atoms with Crippen molar-refractivity contribution in [3.63, 3.8) is 0 Å². The molecule has 70 valence electrons. The van der Waals surface area contributed by atoms with E-state index in [9.17, 15) is 0 Å². The SMILES string of the molecule is Cn1ccnc1C=C1CCCNC1. The van der Waals surface area contributed by atoms with Gasteiger partial charge in [0.25, 0.3) is 0 Å². The van der Waals surface area contributed by atoms with Crippen molar-refractivity contribution >= 4 is 6.08 Å². The van der Waals surface area contributed by atoms with Crippen LogP contribution in [0.15, 0.2) is 18.0 Å². The fourth-order valence-corrected chi connectivity index (χ4v) is 1.60. The second kappa shape index (κ2) is 3.75. The van der Waals surface area contributed by atoms with Crippen molar-refractivity contribution in [1.29, 1.82) is 0 Å². The van der Waals surface area contributed by atoms with Gasteiger partial charge in [0.15, 0.2) is 0 Å². The van der Waals surface area contributed by atoms with E-state index in [4.69, 9.17) is 0 Å². The molecule has 0 aliphatic carbocycles. The fourth-order valence-electron chi connectivity index (χ4n) is 1.60. The number of hydrogen-bond acceptors (Lipinski definition) is 2. The van der Waals surface area contributed by atoms with E-state index in [0.717, 1.165) is 18.9 Å². The Morgan fingerprint density at radius 3 is 3.15 bits per heavy atom. The van der Waals surface area contributed by atoms with Crippen LogP contribution in [0.4, 0.5) is 0 Å². The maximum Gasteiger partial charge on any atom is 0.132 e. The molecule has 3 heteroatoms. The molecule has 0 bridgehead atoms. The van der Waals surface area contributed by atoms with Gasteiger partial charge in [-0.15, -0.1) is 0 Å². The zero-order chi connectivity index (χ0) is 9.10. The molecule has 0 radical (unpaired) electrons. The van der Waals surface area contributed by atoms with Crippen molar-refractivity contribution < 1.29 is 0 Å². The van der Waals surface area contributed by atoms with Crippen LogP contribution in [0.3, 0.4) is 0 Å². The molecule has 2 heterocycles. The molecule has 0 aromatic carbocycles. The molecule has 0 amide bonds. The fraction of sp³-hybridized carbons (Fsp3) is 0.500. The van der Waals surface area contributed by atoms with Crippen LogP contribution in [0.1, 0.15) is 18.7 Å². The van der Waals surface area contributed by atoms with Crippen molar-refractivity contribution in [2.45, 2.75) is 12.8 Å². The average Bonchev–Trinajstić information content (AvgIpc) is 2.54. The van der Waals surface area contributed by atoms with E-state index in [2.05, 4.69) is 16.4 Å². The summed E-state index contributed by atoms with van der Waals surface area (Å²) in [4.78, 5) is 4.27. The Bertz CT molecular complexity index is 304. The van der Waals surface area contributed by atoms with Gasteiger partial charge in [-0.1, -0.05) is 5.57 Å². The molecular weight excluding hydrogens is 162 g/mol. The van der Waals surface area contributed by atoms with E-state index in [1.54, 1.807) is 0 Å². The van der Waals surface area contributed by atoms with Crippen molar-refractivity contribution in [1.82, 2.24) is 14.9 Å². The highest BCUT2D eigenvalue weighted by molar-refractivity contribution is 5.46. The van der Waals surface area contributed by atoms with Gasteiger partial charge in [-0.25, -0.2) is 4.98 Å². The van der Waals surface area contributed by atoms with Crippen molar-refractivity contribution in [3.05, 3.63) is 23.8 Å². The summed E-state index contributed by atoms with van der Waals surface area (Å²) in [5.74, 6) is 1.05. The summed E-state index contributed by atoms with van der Waals surface area (Å²) in [6.07, 6.45) is 8.45. The van der Waals surface area contributed by atoms with E-state index in [1.165, 1.54) is 18.4 Å². The molecule has 0 spiro atoms. The summed E-state index contributed by atoms with van der Waals surface area (Å²) in [7, 11) is 2.02. The zero-order valence-corrected chi connectivity index (χ0v) is 7.95. The van der Waals surface area contributed by atoms with E-state index < -0.39 is 0 Å². The summed E-state index contributed by atoms with van der Waals surface area (Å²) in [6.45, 7) is 2.17. The van der Waals surface area contributed by atoms with Crippen molar-refractivity contribution in [2.75, 3.05) is 13.1 Å². The molecule has 1 aromatic heterocycles. The minimum Gasteiger partial charge on any atom is -0.335 e. The summed E-state index contributed by atoms with van der Waals surface area (Å²) in [6, 6.07) is 0. The van der Waals surface area contributed by atoms with Gasteiger partial charge in [0.1, 0.15) is 5.82 Å². The lowest BCUT2D eigenvalue weighted by Gasteiger charge is -2.14. The average molecular weight is 177 g/mol. The third kappa shape index (κ3) is 1.98. The Labute approximate surface area is 78.5 Å². The van der Waals surface area contributed by atoms with Gasteiger partial charge in [0, 0.05) is 26.0 Å². The molecule has 0 saturated carbocycles. The Morgan fingerprint density at radius 2 is 2.54 bits per heavy atom. The van der Waals surface area contributed by atoms with E-state index >= 15 is 0 Å². The molecule has 0 atom stereocenters. The lowest BCUT2D eigenvalue weighted by molar-refractivity contribution is 0.612. The molecule has 2 rings (SSSR count). The van der Waals surface area contributed by atoms with Gasteiger partial charge < -0.3 is 9.88 Å². The quantitative estimate of drug-likeness (QED) is 0.698. The number of rotatable bonds is 1. The first-order valence-corrected chi connectivity index (χ1v) is 4.74. The maximum atomic E-state index is 4.27.